The van der Waals surface area contributed by atoms with E-state index in [-0.39, 0.29) is 0 Å². The third-order valence-corrected chi connectivity index (χ3v) is 4.63. The quantitative estimate of drug-likeness (QED) is 0.196. The average molecular weight is 594 g/mol. The van der Waals surface area contributed by atoms with Gasteiger partial charge >= 0.3 is 30.1 Å². The Morgan fingerprint density at radius 3 is 1.45 bits per heavy atom. The number of alkyl halides is 12. The van der Waals surface area contributed by atoms with E-state index in [2.05, 4.69) is 0 Å². The van der Waals surface area contributed by atoms with Crippen molar-refractivity contribution >= 4 is 11.4 Å². The van der Waals surface area contributed by atoms with Crippen LogP contribution in [0.3, 0.4) is 0 Å². The summed E-state index contributed by atoms with van der Waals surface area (Å²) < 4.78 is 259. The van der Waals surface area contributed by atoms with Crippen LogP contribution in [-0.4, -0.2) is 30.0 Å². The summed E-state index contributed by atoms with van der Waals surface area (Å²) in [4.78, 5) is 11.0. The number of hydrogen-bond acceptors (Lipinski definition) is 1. The highest BCUT2D eigenvalue weighted by molar-refractivity contribution is 6.07. The van der Waals surface area contributed by atoms with Gasteiger partial charge in [0.2, 0.25) is 11.6 Å². The topological polar surface area (TPSA) is 17.1 Å². The van der Waals surface area contributed by atoms with Gasteiger partial charge in [0, 0.05) is 11.6 Å². The first-order valence-electron chi connectivity index (χ1n) is 8.62. The van der Waals surface area contributed by atoms with Crippen molar-refractivity contribution < 1.29 is 88.2 Å². The second-order valence-electron chi connectivity index (χ2n) is 6.96. The van der Waals surface area contributed by atoms with E-state index < -0.39 is 105 Å². The molecule has 1 nitrogen and oxygen atoms in total. The van der Waals surface area contributed by atoms with Crippen molar-refractivity contribution in [1.82, 2.24) is 0 Å². The Labute approximate surface area is 194 Å². The molecule has 0 aromatic heterocycles. The highest BCUT2D eigenvalue weighted by atomic mass is 19.4. The van der Waals surface area contributed by atoms with Crippen LogP contribution in [0.2, 0.25) is 0 Å². The molecule has 0 fully saturated rings. The second-order valence-corrected chi connectivity index (χ2v) is 6.96. The molecule has 0 saturated heterocycles. The van der Waals surface area contributed by atoms with Crippen molar-refractivity contribution in [2.45, 2.75) is 30.1 Å². The molecule has 212 valence electrons. The molecule has 1 aliphatic rings. The lowest BCUT2D eigenvalue weighted by Gasteiger charge is -2.33. The summed E-state index contributed by atoms with van der Waals surface area (Å²) >= 11 is 0. The van der Waals surface area contributed by atoms with E-state index in [1.807, 2.05) is 0 Å². The SMILES string of the molecule is O=C1C=C(F)/C(=C(/c2c(F)c(F)c(F)c(F)c2C(F)(F)C(F)(F)C(F)(F)F)C(F)(F)C(F)(F)F)C(F)=C1F. The van der Waals surface area contributed by atoms with Crippen molar-refractivity contribution in [1.29, 1.82) is 0 Å². The molecule has 2 rings (SSSR count). The normalized spacial score (nSPS) is 17.8. The molecule has 0 radical (unpaired) electrons. The molecule has 20 heteroatoms. The van der Waals surface area contributed by atoms with Gasteiger partial charge in [-0.25, -0.2) is 26.3 Å². The minimum atomic E-state index is -7.81. The Morgan fingerprint density at radius 1 is 0.579 bits per heavy atom. The summed E-state index contributed by atoms with van der Waals surface area (Å²) in [5.74, 6) is -50.9. The molecule has 0 spiro atoms. The van der Waals surface area contributed by atoms with E-state index in [1.165, 1.54) is 0 Å². The van der Waals surface area contributed by atoms with E-state index in [1.54, 1.807) is 0 Å². The van der Waals surface area contributed by atoms with E-state index in [0.717, 1.165) is 0 Å². The molecule has 0 unspecified atom stereocenters. The first kappa shape index (κ1) is 31.0. The van der Waals surface area contributed by atoms with E-state index in [4.69, 9.17) is 0 Å². The van der Waals surface area contributed by atoms with Gasteiger partial charge in [-0.15, -0.1) is 0 Å². The van der Waals surface area contributed by atoms with Crippen molar-refractivity contribution in [2.75, 3.05) is 0 Å². The lowest BCUT2D eigenvalue weighted by Crippen LogP contribution is -2.51. The number of rotatable bonds is 4. The fourth-order valence-corrected chi connectivity index (χ4v) is 2.88. The minimum absolute atomic E-state index is 1.02. The Bertz CT molecular complexity index is 1290. The number of carbonyl (C=O) groups is 1. The van der Waals surface area contributed by atoms with Crippen LogP contribution < -0.4 is 0 Å². The summed E-state index contributed by atoms with van der Waals surface area (Å²) in [7, 11) is 0. The molecule has 0 bridgehead atoms. The number of hydrogen-bond donors (Lipinski definition) is 0. The molecular formula is C18HF19O. The number of ketones is 1. The average Bonchev–Trinajstić information content (AvgIpc) is 2.74. The maximum absolute atomic E-state index is 14.5. The molecule has 0 amide bonds. The van der Waals surface area contributed by atoms with Crippen LogP contribution in [0.1, 0.15) is 11.1 Å². The van der Waals surface area contributed by atoms with Crippen LogP contribution in [-0.2, 0) is 10.7 Å². The van der Waals surface area contributed by atoms with Crippen LogP contribution in [0.4, 0.5) is 83.4 Å². The van der Waals surface area contributed by atoms with E-state index in [0.29, 0.717) is 0 Å². The Morgan fingerprint density at radius 2 is 1.03 bits per heavy atom. The first-order chi connectivity index (χ1) is 16.8. The third-order valence-electron chi connectivity index (χ3n) is 4.63. The number of carbonyl (C=O) groups excluding carboxylic acids is 1. The van der Waals surface area contributed by atoms with Gasteiger partial charge in [-0.1, -0.05) is 0 Å². The molecule has 0 saturated carbocycles. The Balaban J connectivity index is 3.43. The number of halogens is 19. The van der Waals surface area contributed by atoms with Gasteiger partial charge in [-0.05, 0) is 0 Å². The van der Waals surface area contributed by atoms with Gasteiger partial charge in [0.05, 0.1) is 16.7 Å². The van der Waals surface area contributed by atoms with Gasteiger partial charge < -0.3 is 0 Å². The van der Waals surface area contributed by atoms with Crippen molar-refractivity contribution in [2.24, 2.45) is 0 Å². The smallest absolute Gasteiger partial charge is 0.286 e. The summed E-state index contributed by atoms with van der Waals surface area (Å²) in [5.41, 5.74) is -16.3. The summed E-state index contributed by atoms with van der Waals surface area (Å²) in [5, 5.41) is 0. The second kappa shape index (κ2) is 8.92. The van der Waals surface area contributed by atoms with Gasteiger partial charge in [0.25, 0.3) is 0 Å². The molecule has 0 aliphatic heterocycles. The zero-order chi connectivity index (χ0) is 30.1. The van der Waals surface area contributed by atoms with Gasteiger partial charge in [0.1, 0.15) is 5.83 Å². The zero-order valence-corrected chi connectivity index (χ0v) is 16.7. The van der Waals surface area contributed by atoms with Gasteiger partial charge in [-0.3, -0.25) is 4.79 Å². The van der Waals surface area contributed by atoms with E-state index in [9.17, 15) is 88.2 Å². The summed E-state index contributed by atoms with van der Waals surface area (Å²) in [6.45, 7) is 0. The van der Waals surface area contributed by atoms with Crippen LogP contribution in [0, 0.1) is 23.3 Å². The van der Waals surface area contributed by atoms with Crippen LogP contribution in [0.25, 0.3) is 5.57 Å². The van der Waals surface area contributed by atoms with Crippen molar-refractivity contribution in [3.63, 3.8) is 0 Å². The van der Waals surface area contributed by atoms with Gasteiger partial charge in [0.15, 0.2) is 29.1 Å². The molecule has 38 heavy (non-hydrogen) atoms. The van der Waals surface area contributed by atoms with E-state index >= 15 is 0 Å². The Hall–Kier alpha value is -3.22. The molecular weight excluding hydrogens is 593 g/mol. The fourth-order valence-electron chi connectivity index (χ4n) is 2.88. The first-order valence-corrected chi connectivity index (χ1v) is 8.62. The highest BCUT2D eigenvalue weighted by Crippen LogP contribution is 2.58. The predicted molar refractivity (Wildman–Crippen MR) is 82.5 cm³/mol. The maximum atomic E-state index is 14.5. The lowest BCUT2D eigenvalue weighted by molar-refractivity contribution is -0.360. The minimum Gasteiger partial charge on any atom is -0.286 e. The standard InChI is InChI=1S/C18HF19O/c19-2-1-3(38)8(20)9(21)4(2)6(15(28,29)17(32,33)34)5-7(11(23)13(25)12(24)10(5)22)14(26,27)16(30,31)18(35,36)37/h1H/b6-4+. The Kier molecular flexibility index (Phi) is 7.28. The van der Waals surface area contributed by atoms with Crippen molar-refractivity contribution in [3.8, 4) is 0 Å². The molecule has 1 aromatic rings. The van der Waals surface area contributed by atoms with Gasteiger partial charge in [-0.2, -0.15) is 57.1 Å². The van der Waals surface area contributed by atoms with Crippen LogP contribution in [0.5, 0.6) is 0 Å². The molecule has 0 heterocycles. The third kappa shape index (κ3) is 4.30. The molecule has 1 aliphatic carbocycles. The summed E-state index contributed by atoms with van der Waals surface area (Å²) in [6, 6.07) is 0. The fraction of sp³-hybridized carbons (Fsp3) is 0.278. The van der Waals surface area contributed by atoms with Crippen LogP contribution >= 0.6 is 0 Å². The summed E-state index contributed by atoms with van der Waals surface area (Å²) in [6.07, 6.45) is -16.1. The lowest BCUT2D eigenvalue weighted by atomic mass is 9.83. The maximum Gasteiger partial charge on any atom is 0.460 e. The molecule has 1 aromatic carbocycles. The highest BCUT2D eigenvalue weighted by Gasteiger charge is 2.75. The predicted octanol–water partition coefficient (Wildman–Crippen LogP) is 8.07. The number of benzene rings is 1. The molecule has 0 N–H and O–H groups in total. The largest absolute Gasteiger partial charge is 0.460 e. The zero-order valence-electron chi connectivity index (χ0n) is 16.7. The number of allylic oxidation sites excluding steroid dienone is 6. The van der Waals surface area contributed by atoms with Crippen LogP contribution in [0.15, 0.2) is 29.1 Å². The van der Waals surface area contributed by atoms with Crippen molar-refractivity contribution in [3.05, 3.63) is 63.5 Å². The monoisotopic (exact) mass is 594 g/mol. The molecule has 0 atom stereocenters.